The van der Waals surface area contributed by atoms with Gasteiger partial charge in [0.2, 0.25) is 0 Å². The highest BCUT2D eigenvalue weighted by Crippen LogP contribution is 2.27. The van der Waals surface area contributed by atoms with Crippen LogP contribution in [0.2, 0.25) is 0 Å². The van der Waals surface area contributed by atoms with Gasteiger partial charge in [-0.15, -0.1) is 11.8 Å². The molecule has 0 atom stereocenters. The van der Waals surface area contributed by atoms with Crippen LogP contribution in [0.3, 0.4) is 0 Å². The third-order valence-electron chi connectivity index (χ3n) is 2.46. The first-order valence-electron chi connectivity index (χ1n) is 6.21. The van der Waals surface area contributed by atoms with Crippen molar-refractivity contribution in [3.8, 4) is 5.75 Å². The number of thioether (sulfide) groups is 1. The SMILES string of the molecule is CCOC(CSc1ccc(OC)cc1C)OCC. The molecule has 3 nitrogen and oxygen atoms in total. The van der Waals surface area contributed by atoms with Crippen molar-refractivity contribution in [1.82, 2.24) is 0 Å². The third kappa shape index (κ3) is 4.88. The molecule has 102 valence electrons. The van der Waals surface area contributed by atoms with Crippen LogP contribution >= 0.6 is 11.8 Å². The van der Waals surface area contributed by atoms with E-state index in [2.05, 4.69) is 13.0 Å². The van der Waals surface area contributed by atoms with Crippen LogP contribution in [0.4, 0.5) is 0 Å². The van der Waals surface area contributed by atoms with Gasteiger partial charge in [-0.3, -0.25) is 0 Å². The van der Waals surface area contributed by atoms with Crippen molar-refractivity contribution in [3.05, 3.63) is 23.8 Å². The van der Waals surface area contributed by atoms with Crippen molar-refractivity contribution in [2.75, 3.05) is 26.1 Å². The molecule has 0 aliphatic heterocycles. The molecule has 0 spiro atoms. The third-order valence-corrected chi connectivity index (χ3v) is 3.67. The number of benzene rings is 1. The van der Waals surface area contributed by atoms with Gasteiger partial charge < -0.3 is 14.2 Å². The number of ether oxygens (including phenoxy) is 3. The van der Waals surface area contributed by atoms with Crippen LogP contribution in [0.15, 0.2) is 23.1 Å². The lowest BCUT2D eigenvalue weighted by Gasteiger charge is -2.17. The first-order valence-corrected chi connectivity index (χ1v) is 7.20. The summed E-state index contributed by atoms with van der Waals surface area (Å²) < 4.78 is 16.2. The molecule has 1 aromatic rings. The van der Waals surface area contributed by atoms with Crippen LogP contribution in [0, 0.1) is 6.92 Å². The summed E-state index contributed by atoms with van der Waals surface area (Å²) in [5.41, 5.74) is 1.21. The molecule has 0 saturated heterocycles. The maximum absolute atomic E-state index is 5.52. The van der Waals surface area contributed by atoms with E-state index in [1.807, 2.05) is 26.0 Å². The number of aryl methyl sites for hydroxylation is 1. The summed E-state index contributed by atoms with van der Waals surface area (Å²) in [6.45, 7) is 7.39. The van der Waals surface area contributed by atoms with Gasteiger partial charge in [-0.05, 0) is 44.5 Å². The molecule has 1 aromatic carbocycles. The number of hydrogen-bond donors (Lipinski definition) is 0. The van der Waals surface area contributed by atoms with Crippen molar-refractivity contribution in [2.45, 2.75) is 32.0 Å². The minimum absolute atomic E-state index is 0.133. The Bertz CT molecular complexity index is 349. The number of rotatable bonds is 8. The summed E-state index contributed by atoms with van der Waals surface area (Å²) in [5, 5.41) is 0. The fourth-order valence-corrected chi connectivity index (χ4v) is 2.54. The van der Waals surface area contributed by atoms with Gasteiger partial charge in [-0.2, -0.15) is 0 Å². The van der Waals surface area contributed by atoms with E-state index in [4.69, 9.17) is 14.2 Å². The Balaban J connectivity index is 2.55. The Morgan fingerprint density at radius 2 is 1.83 bits per heavy atom. The van der Waals surface area contributed by atoms with Gasteiger partial charge >= 0.3 is 0 Å². The first-order chi connectivity index (χ1) is 8.71. The minimum atomic E-state index is -0.133. The summed E-state index contributed by atoms with van der Waals surface area (Å²) in [5.74, 6) is 1.69. The minimum Gasteiger partial charge on any atom is -0.497 e. The largest absolute Gasteiger partial charge is 0.497 e. The van der Waals surface area contributed by atoms with Gasteiger partial charge in [0.1, 0.15) is 5.75 Å². The van der Waals surface area contributed by atoms with E-state index in [1.165, 1.54) is 10.5 Å². The summed E-state index contributed by atoms with van der Waals surface area (Å²) in [6, 6.07) is 6.10. The van der Waals surface area contributed by atoms with E-state index in [1.54, 1.807) is 18.9 Å². The van der Waals surface area contributed by atoms with Gasteiger partial charge in [0.25, 0.3) is 0 Å². The van der Waals surface area contributed by atoms with Crippen LogP contribution in [-0.4, -0.2) is 32.4 Å². The van der Waals surface area contributed by atoms with Gasteiger partial charge in [0, 0.05) is 23.9 Å². The molecule has 0 heterocycles. The van der Waals surface area contributed by atoms with Crippen LogP contribution in [0.1, 0.15) is 19.4 Å². The zero-order valence-corrected chi connectivity index (χ0v) is 12.4. The molecule has 0 N–H and O–H groups in total. The second kappa shape index (κ2) is 8.40. The molecule has 18 heavy (non-hydrogen) atoms. The summed E-state index contributed by atoms with van der Waals surface area (Å²) in [6.07, 6.45) is -0.133. The molecule has 0 bridgehead atoms. The van der Waals surface area contributed by atoms with Crippen molar-refractivity contribution < 1.29 is 14.2 Å². The van der Waals surface area contributed by atoms with E-state index in [-0.39, 0.29) is 6.29 Å². The molecule has 0 aromatic heterocycles. The molecule has 0 radical (unpaired) electrons. The van der Waals surface area contributed by atoms with E-state index in [9.17, 15) is 0 Å². The van der Waals surface area contributed by atoms with E-state index in [0.29, 0.717) is 13.2 Å². The summed E-state index contributed by atoms with van der Waals surface area (Å²) in [4.78, 5) is 1.24. The summed E-state index contributed by atoms with van der Waals surface area (Å²) >= 11 is 1.75. The first kappa shape index (κ1) is 15.3. The molecule has 4 heteroatoms. The molecular formula is C14H22O3S. The van der Waals surface area contributed by atoms with E-state index in [0.717, 1.165) is 11.5 Å². The Morgan fingerprint density at radius 3 is 2.33 bits per heavy atom. The Morgan fingerprint density at radius 1 is 1.17 bits per heavy atom. The predicted molar refractivity (Wildman–Crippen MR) is 75.5 cm³/mol. The normalized spacial score (nSPS) is 10.9. The maximum Gasteiger partial charge on any atom is 0.166 e. The lowest BCUT2D eigenvalue weighted by atomic mass is 10.2. The van der Waals surface area contributed by atoms with E-state index >= 15 is 0 Å². The lowest BCUT2D eigenvalue weighted by Crippen LogP contribution is -2.20. The Labute approximate surface area is 114 Å². The van der Waals surface area contributed by atoms with Crippen molar-refractivity contribution in [3.63, 3.8) is 0 Å². The zero-order valence-electron chi connectivity index (χ0n) is 11.6. The maximum atomic E-state index is 5.52. The predicted octanol–water partition coefficient (Wildman–Crippen LogP) is 3.49. The van der Waals surface area contributed by atoms with Crippen LogP contribution < -0.4 is 4.74 Å². The monoisotopic (exact) mass is 270 g/mol. The van der Waals surface area contributed by atoms with Gasteiger partial charge in [0.15, 0.2) is 6.29 Å². The van der Waals surface area contributed by atoms with Gasteiger partial charge in [-0.1, -0.05) is 0 Å². The Hall–Kier alpha value is -0.710. The number of hydrogen-bond acceptors (Lipinski definition) is 4. The molecule has 0 unspecified atom stereocenters. The molecule has 0 saturated carbocycles. The molecule has 1 rings (SSSR count). The highest BCUT2D eigenvalue weighted by Gasteiger charge is 2.10. The lowest BCUT2D eigenvalue weighted by molar-refractivity contribution is -0.120. The second-order valence-corrected chi connectivity index (χ2v) is 4.84. The topological polar surface area (TPSA) is 27.7 Å². The Kier molecular flexibility index (Phi) is 7.16. The van der Waals surface area contributed by atoms with Gasteiger partial charge in [0.05, 0.1) is 7.11 Å². The highest BCUT2D eigenvalue weighted by atomic mass is 32.2. The number of methoxy groups -OCH3 is 1. The van der Waals surface area contributed by atoms with Crippen molar-refractivity contribution in [1.29, 1.82) is 0 Å². The molecular weight excluding hydrogens is 248 g/mol. The molecule has 0 aliphatic rings. The quantitative estimate of drug-likeness (QED) is 0.534. The standard InChI is InChI=1S/C14H22O3S/c1-5-16-14(17-6-2)10-18-13-8-7-12(15-4)9-11(13)3/h7-9,14H,5-6,10H2,1-4H3. The van der Waals surface area contributed by atoms with Crippen molar-refractivity contribution >= 4 is 11.8 Å². The fraction of sp³-hybridized carbons (Fsp3) is 0.571. The van der Waals surface area contributed by atoms with E-state index < -0.39 is 0 Å². The van der Waals surface area contributed by atoms with Gasteiger partial charge in [-0.25, -0.2) is 0 Å². The zero-order chi connectivity index (χ0) is 13.4. The molecule has 0 fully saturated rings. The highest BCUT2D eigenvalue weighted by molar-refractivity contribution is 7.99. The second-order valence-electron chi connectivity index (χ2n) is 3.78. The fourth-order valence-electron chi connectivity index (χ4n) is 1.58. The van der Waals surface area contributed by atoms with Crippen LogP contribution in [0.25, 0.3) is 0 Å². The van der Waals surface area contributed by atoms with Crippen molar-refractivity contribution in [2.24, 2.45) is 0 Å². The molecule has 0 amide bonds. The average Bonchev–Trinajstić information content (AvgIpc) is 2.37. The molecule has 0 aliphatic carbocycles. The average molecular weight is 270 g/mol. The van der Waals surface area contributed by atoms with Crippen LogP contribution in [0.5, 0.6) is 5.75 Å². The van der Waals surface area contributed by atoms with Crippen LogP contribution in [-0.2, 0) is 9.47 Å². The smallest absolute Gasteiger partial charge is 0.166 e. The summed E-state index contributed by atoms with van der Waals surface area (Å²) in [7, 11) is 1.68.